The summed E-state index contributed by atoms with van der Waals surface area (Å²) in [5, 5.41) is 2.56. The van der Waals surface area contributed by atoms with E-state index in [9.17, 15) is 18.0 Å². The van der Waals surface area contributed by atoms with Crippen LogP contribution < -0.4 is 10.0 Å². The van der Waals surface area contributed by atoms with Crippen molar-refractivity contribution in [1.82, 2.24) is 4.72 Å². The van der Waals surface area contributed by atoms with Crippen LogP contribution in [-0.4, -0.2) is 26.9 Å². The number of hydrogen-bond acceptors (Lipinski definition) is 6. The number of rotatable bonds is 8. The number of ether oxygens (including phenoxy) is 1. The van der Waals surface area contributed by atoms with E-state index in [1.54, 1.807) is 18.2 Å². The Labute approximate surface area is 169 Å². The Balaban J connectivity index is 1.53. The largest absolute Gasteiger partial charge is 0.468 e. The van der Waals surface area contributed by atoms with E-state index in [2.05, 4.69) is 10.0 Å². The molecular weight excluding hydrogens is 396 g/mol. The van der Waals surface area contributed by atoms with Crippen LogP contribution in [0, 0.1) is 5.92 Å². The second-order valence-electron chi connectivity index (χ2n) is 6.92. The van der Waals surface area contributed by atoms with Gasteiger partial charge in [-0.1, -0.05) is 25.3 Å². The Kier molecular flexibility index (Phi) is 7.05. The smallest absolute Gasteiger partial charge is 0.309 e. The molecule has 0 unspecified atom stereocenters. The number of anilines is 1. The fourth-order valence-electron chi connectivity index (χ4n) is 3.19. The maximum absolute atomic E-state index is 12.4. The molecule has 0 aliphatic heterocycles. The molecule has 0 bridgehead atoms. The first-order chi connectivity index (χ1) is 13.9. The van der Waals surface area contributed by atoms with Crippen molar-refractivity contribution in [2.24, 2.45) is 5.92 Å². The molecule has 0 radical (unpaired) electrons. The summed E-state index contributed by atoms with van der Waals surface area (Å²) in [7, 11) is -3.78. The zero-order valence-corrected chi connectivity index (χ0v) is 16.7. The second kappa shape index (κ2) is 9.71. The quantitative estimate of drug-likeness (QED) is 0.635. The van der Waals surface area contributed by atoms with Gasteiger partial charge in [0, 0.05) is 5.69 Å². The van der Waals surface area contributed by atoms with Crippen LogP contribution >= 0.6 is 0 Å². The minimum Gasteiger partial charge on any atom is -0.468 e. The van der Waals surface area contributed by atoms with Crippen molar-refractivity contribution in [3.63, 3.8) is 0 Å². The molecule has 1 aromatic heterocycles. The van der Waals surface area contributed by atoms with Crippen LogP contribution in [-0.2, 0) is 30.9 Å². The maximum Gasteiger partial charge on any atom is 0.309 e. The number of esters is 1. The van der Waals surface area contributed by atoms with Gasteiger partial charge in [0.15, 0.2) is 6.61 Å². The highest BCUT2D eigenvalue weighted by Gasteiger charge is 2.23. The number of hydrogen-bond donors (Lipinski definition) is 2. The van der Waals surface area contributed by atoms with Crippen LogP contribution in [0.3, 0.4) is 0 Å². The van der Waals surface area contributed by atoms with Crippen LogP contribution in [0.15, 0.2) is 52.0 Å². The van der Waals surface area contributed by atoms with E-state index < -0.39 is 22.5 Å². The summed E-state index contributed by atoms with van der Waals surface area (Å²) >= 11 is 0. The highest BCUT2D eigenvalue weighted by Crippen LogP contribution is 2.24. The first-order valence-corrected chi connectivity index (χ1v) is 11.0. The molecule has 0 spiro atoms. The number of furan rings is 1. The predicted molar refractivity (Wildman–Crippen MR) is 105 cm³/mol. The van der Waals surface area contributed by atoms with Crippen molar-refractivity contribution in [1.29, 1.82) is 0 Å². The van der Waals surface area contributed by atoms with Crippen molar-refractivity contribution in [3.05, 3.63) is 48.4 Å². The first-order valence-electron chi connectivity index (χ1n) is 9.52. The van der Waals surface area contributed by atoms with E-state index in [0.717, 1.165) is 32.1 Å². The molecule has 0 atom stereocenters. The van der Waals surface area contributed by atoms with E-state index in [1.807, 2.05) is 0 Å². The molecule has 9 heteroatoms. The van der Waals surface area contributed by atoms with Gasteiger partial charge in [-0.05, 0) is 43.2 Å². The molecule has 1 heterocycles. The van der Waals surface area contributed by atoms with E-state index in [-0.39, 0.29) is 23.3 Å². The highest BCUT2D eigenvalue weighted by atomic mass is 32.2. The van der Waals surface area contributed by atoms with E-state index in [0.29, 0.717) is 11.4 Å². The minimum absolute atomic E-state index is 0.000978. The summed E-state index contributed by atoms with van der Waals surface area (Å²) in [6, 6.07) is 9.17. The molecule has 1 aromatic carbocycles. The number of benzene rings is 1. The molecule has 1 aliphatic carbocycles. The lowest BCUT2D eigenvalue weighted by molar-refractivity contribution is -0.152. The van der Waals surface area contributed by atoms with Gasteiger partial charge in [-0.25, -0.2) is 13.1 Å². The topological polar surface area (TPSA) is 115 Å². The molecule has 3 rings (SSSR count). The Hall–Kier alpha value is -2.65. The summed E-state index contributed by atoms with van der Waals surface area (Å²) in [6.45, 7) is -0.383. The van der Waals surface area contributed by atoms with Crippen molar-refractivity contribution in [2.45, 2.75) is 43.5 Å². The van der Waals surface area contributed by atoms with Crippen molar-refractivity contribution < 1.29 is 27.2 Å². The predicted octanol–water partition coefficient (Wildman–Crippen LogP) is 2.82. The molecule has 8 nitrogen and oxygen atoms in total. The van der Waals surface area contributed by atoms with Gasteiger partial charge in [-0.15, -0.1) is 0 Å². The summed E-state index contributed by atoms with van der Waals surface area (Å²) in [6.07, 6.45) is 6.18. The van der Waals surface area contributed by atoms with Crippen molar-refractivity contribution in [3.8, 4) is 0 Å². The third-order valence-corrected chi connectivity index (χ3v) is 6.13. The van der Waals surface area contributed by atoms with E-state index >= 15 is 0 Å². The summed E-state index contributed by atoms with van der Waals surface area (Å²) < 4.78 is 37.5. The number of amides is 1. The second-order valence-corrected chi connectivity index (χ2v) is 8.69. The molecule has 1 aliphatic rings. The lowest BCUT2D eigenvalue weighted by atomic mass is 9.89. The Morgan fingerprint density at radius 1 is 1.10 bits per heavy atom. The molecular formula is C20H24N2O6S. The number of carbonyl (C=O) groups is 2. The molecule has 2 aromatic rings. The number of carbonyl (C=O) groups excluding carboxylic acids is 2. The zero-order chi connectivity index (χ0) is 20.7. The summed E-state index contributed by atoms with van der Waals surface area (Å²) in [4.78, 5) is 24.1. The van der Waals surface area contributed by atoms with Gasteiger partial charge < -0.3 is 14.5 Å². The van der Waals surface area contributed by atoms with Gasteiger partial charge in [0.05, 0.1) is 23.6 Å². The lowest BCUT2D eigenvalue weighted by Crippen LogP contribution is -2.26. The van der Waals surface area contributed by atoms with Crippen LogP contribution in [0.25, 0.3) is 0 Å². The third kappa shape index (κ3) is 6.16. The fourth-order valence-corrected chi connectivity index (χ4v) is 4.23. The zero-order valence-electron chi connectivity index (χ0n) is 15.9. The normalized spacial score (nSPS) is 15.0. The van der Waals surface area contributed by atoms with Gasteiger partial charge in [-0.3, -0.25) is 9.59 Å². The SMILES string of the molecule is O=C(COC(=O)C1CCCCC1)Nc1cccc(S(=O)(=O)NCc2ccco2)c1. The molecule has 156 valence electrons. The average molecular weight is 420 g/mol. The van der Waals surface area contributed by atoms with Crippen molar-refractivity contribution in [2.75, 3.05) is 11.9 Å². The minimum atomic E-state index is -3.78. The molecule has 29 heavy (non-hydrogen) atoms. The van der Waals surface area contributed by atoms with Gasteiger partial charge in [-0.2, -0.15) is 0 Å². The highest BCUT2D eigenvalue weighted by molar-refractivity contribution is 7.89. The fraction of sp³-hybridized carbons (Fsp3) is 0.400. The van der Waals surface area contributed by atoms with Crippen molar-refractivity contribution >= 4 is 27.6 Å². The van der Waals surface area contributed by atoms with E-state index in [1.165, 1.54) is 24.5 Å². The van der Waals surface area contributed by atoms with Crippen LogP contribution in [0.2, 0.25) is 0 Å². The van der Waals surface area contributed by atoms with Gasteiger partial charge in [0.2, 0.25) is 10.0 Å². The summed E-state index contributed by atoms with van der Waals surface area (Å²) in [5.74, 6) is -0.520. The first kappa shape index (κ1) is 21.1. The number of nitrogens with one attached hydrogen (secondary N) is 2. The van der Waals surface area contributed by atoms with Crippen LogP contribution in [0.5, 0.6) is 0 Å². The summed E-state index contributed by atoms with van der Waals surface area (Å²) in [5.41, 5.74) is 0.296. The molecule has 1 fully saturated rings. The van der Waals surface area contributed by atoms with Crippen LogP contribution in [0.4, 0.5) is 5.69 Å². The Bertz CT molecular complexity index is 934. The standard InChI is InChI=1S/C20H24N2O6S/c23-19(14-28-20(24)15-6-2-1-3-7-15)22-16-8-4-10-18(12-16)29(25,26)21-13-17-9-5-11-27-17/h4-5,8-12,15,21H,1-3,6-7,13-14H2,(H,22,23). The van der Waals surface area contributed by atoms with Crippen LogP contribution in [0.1, 0.15) is 37.9 Å². The van der Waals surface area contributed by atoms with E-state index in [4.69, 9.17) is 9.15 Å². The molecule has 1 amide bonds. The maximum atomic E-state index is 12.4. The Morgan fingerprint density at radius 3 is 2.62 bits per heavy atom. The van der Waals surface area contributed by atoms with Gasteiger partial charge in [0.25, 0.3) is 5.91 Å². The van der Waals surface area contributed by atoms with Gasteiger partial charge >= 0.3 is 5.97 Å². The average Bonchev–Trinajstić information content (AvgIpc) is 3.25. The Morgan fingerprint density at radius 2 is 1.90 bits per heavy atom. The lowest BCUT2D eigenvalue weighted by Gasteiger charge is -2.19. The molecule has 0 saturated heterocycles. The molecule has 2 N–H and O–H groups in total. The molecule has 1 saturated carbocycles. The van der Waals surface area contributed by atoms with Gasteiger partial charge in [0.1, 0.15) is 5.76 Å². The monoisotopic (exact) mass is 420 g/mol. The number of sulfonamides is 1. The third-order valence-electron chi connectivity index (χ3n) is 4.73.